The molecule has 10 nitrogen and oxygen atoms in total. The number of amides is 1. The number of carbonyl (C=O) groups excluding carboxylic acids is 4. The number of rotatable bonds is 7. The van der Waals surface area contributed by atoms with Gasteiger partial charge >= 0.3 is 0 Å². The zero-order valence-corrected chi connectivity index (χ0v) is 19.0. The molecule has 0 aromatic heterocycles. The molecule has 1 aromatic rings. The lowest BCUT2D eigenvalue weighted by molar-refractivity contribution is -0.124. The fraction of sp³-hybridized carbons (Fsp3) is 0.391. The van der Waals surface area contributed by atoms with Gasteiger partial charge in [-0.1, -0.05) is 0 Å². The van der Waals surface area contributed by atoms with E-state index < -0.39 is 34.3 Å². The zero-order valence-electron chi connectivity index (χ0n) is 19.0. The predicted octanol–water partition coefficient (Wildman–Crippen LogP) is 0.921. The molecule has 0 bridgehead atoms. The minimum absolute atomic E-state index is 0.00867. The Balaban J connectivity index is 2.05. The largest absolute Gasteiger partial charge is 0.507 e. The summed E-state index contributed by atoms with van der Waals surface area (Å²) in [7, 11) is 1.51. The van der Waals surface area contributed by atoms with E-state index in [0.29, 0.717) is 13.2 Å². The summed E-state index contributed by atoms with van der Waals surface area (Å²) >= 11 is 0. The third-order valence-corrected chi connectivity index (χ3v) is 5.90. The first-order valence-electron chi connectivity index (χ1n) is 10.3. The lowest BCUT2D eigenvalue weighted by Gasteiger charge is -2.29. The van der Waals surface area contributed by atoms with Gasteiger partial charge in [-0.3, -0.25) is 19.2 Å². The number of benzene rings is 1. The van der Waals surface area contributed by atoms with Gasteiger partial charge < -0.3 is 30.3 Å². The molecule has 1 aliphatic carbocycles. The lowest BCUT2D eigenvalue weighted by Crippen LogP contribution is -2.42. The standard InChI is InChI=1S/C23H26N2O8/c1-10-19(29)17(12(3)26)21-18(20(10)30)23(4)14(33-21)8-13(27)16(22(23)31)11(2)25-9-15(28)24-6-7-32-5/h8,25,29-30H,6-7,9H2,1-5H3,(H,24,28)/t23-/m0/s1. The third-order valence-electron chi connectivity index (χ3n) is 5.90. The maximum absolute atomic E-state index is 13.6. The van der Waals surface area contributed by atoms with Crippen LogP contribution in [-0.4, -0.2) is 60.3 Å². The van der Waals surface area contributed by atoms with Crippen LogP contribution in [0.5, 0.6) is 17.2 Å². The van der Waals surface area contributed by atoms with Crippen LogP contribution in [0.3, 0.4) is 0 Å². The van der Waals surface area contributed by atoms with Crippen LogP contribution in [0.2, 0.25) is 0 Å². The highest BCUT2D eigenvalue weighted by Gasteiger charge is 2.56. The van der Waals surface area contributed by atoms with Crippen molar-refractivity contribution in [1.82, 2.24) is 10.6 Å². The fourth-order valence-electron chi connectivity index (χ4n) is 4.02. The van der Waals surface area contributed by atoms with Crippen molar-refractivity contribution in [2.45, 2.75) is 33.1 Å². The summed E-state index contributed by atoms with van der Waals surface area (Å²) in [5.41, 5.74) is -1.77. The second-order valence-corrected chi connectivity index (χ2v) is 8.08. The number of allylic oxidation sites excluding steroid dienone is 4. The van der Waals surface area contributed by atoms with Crippen molar-refractivity contribution < 1.29 is 38.9 Å². The smallest absolute Gasteiger partial charge is 0.239 e. The zero-order chi connectivity index (χ0) is 24.7. The van der Waals surface area contributed by atoms with Gasteiger partial charge in [-0.15, -0.1) is 0 Å². The van der Waals surface area contributed by atoms with Gasteiger partial charge in [0, 0.05) is 31.0 Å². The van der Waals surface area contributed by atoms with Gasteiger partial charge in [0.15, 0.2) is 17.3 Å². The van der Waals surface area contributed by atoms with Crippen molar-refractivity contribution in [1.29, 1.82) is 0 Å². The van der Waals surface area contributed by atoms with Crippen LogP contribution < -0.4 is 15.4 Å². The van der Waals surface area contributed by atoms with E-state index in [2.05, 4.69) is 10.6 Å². The van der Waals surface area contributed by atoms with E-state index in [4.69, 9.17) is 9.47 Å². The van der Waals surface area contributed by atoms with Gasteiger partial charge in [0.05, 0.1) is 24.3 Å². The summed E-state index contributed by atoms with van der Waals surface area (Å²) < 4.78 is 10.6. The summed E-state index contributed by atoms with van der Waals surface area (Å²) in [6, 6.07) is 0. The maximum Gasteiger partial charge on any atom is 0.239 e. The summed E-state index contributed by atoms with van der Waals surface area (Å²) in [4.78, 5) is 50.6. The van der Waals surface area contributed by atoms with E-state index in [-0.39, 0.29) is 51.9 Å². The average Bonchev–Trinajstić information content (AvgIpc) is 3.03. The first-order valence-corrected chi connectivity index (χ1v) is 10.3. The summed E-state index contributed by atoms with van der Waals surface area (Å²) in [5.74, 6) is -3.24. The Bertz CT molecular complexity index is 1150. The number of hydrogen-bond acceptors (Lipinski definition) is 9. The Morgan fingerprint density at radius 2 is 1.82 bits per heavy atom. The van der Waals surface area contributed by atoms with Crippen molar-refractivity contribution in [3.8, 4) is 17.2 Å². The minimum Gasteiger partial charge on any atom is -0.507 e. The van der Waals surface area contributed by atoms with Gasteiger partial charge in [0.25, 0.3) is 0 Å². The number of carbonyl (C=O) groups is 4. The first kappa shape index (κ1) is 24.0. The van der Waals surface area contributed by atoms with Crippen molar-refractivity contribution in [2.75, 3.05) is 26.8 Å². The number of fused-ring (bicyclic) bond motifs is 3. The number of phenols is 2. The highest BCUT2D eigenvalue weighted by atomic mass is 16.5. The Morgan fingerprint density at radius 1 is 1.15 bits per heavy atom. The number of nitrogens with one attached hydrogen (secondary N) is 2. The molecule has 1 aliphatic heterocycles. The highest BCUT2D eigenvalue weighted by Crippen LogP contribution is 2.57. The molecule has 1 aromatic carbocycles. The number of phenolic OH excluding ortho intramolecular Hbond substituents is 2. The normalized spacial score (nSPS) is 20.5. The second kappa shape index (κ2) is 8.70. The quantitative estimate of drug-likeness (QED) is 0.202. The van der Waals surface area contributed by atoms with Crippen molar-refractivity contribution in [3.05, 3.63) is 39.8 Å². The summed E-state index contributed by atoms with van der Waals surface area (Å²) in [5, 5.41) is 26.6. The molecular formula is C23H26N2O8. The van der Waals surface area contributed by atoms with Crippen LogP contribution in [0.25, 0.3) is 0 Å². The molecule has 4 N–H and O–H groups in total. The van der Waals surface area contributed by atoms with E-state index in [0.717, 1.165) is 6.08 Å². The molecule has 3 rings (SSSR count). The maximum atomic E-state index is 13.6. The first-order chi connectivity index (χ1) is 15.5. The Hall–Kier alpha value is -3.66. The Kier molecular flexibility index (Phi) is 6.33. The van der Waals surface area contributed by atoms with Gasteiger partial charge in [0.2, 0.25) is 5.91 Å². The summed E-state index contributed by atoms with van der Waals surface area (Å²) in [6.07, 6.45) is 1.12. The molecule has 0 saturated heterocycles. The van der Waals surface area contributed by atoms with Gasteiger partial charge in [-0.2, -0.15) is 0 Å². The van der Waals surface area contributed by atoms with Crippen molar-refractivity contribution in [3.63, 3.8) is 0 Å². The highest BCUT2D eigenvalue weighted by molar-refractivity contribution is 6.31. The molecule has 1 heterocycles. The van der Waals surface area contributed by atoms with E-state index in [1.165, 1.54) is 34.8 Å². The van der Waals surface area contributed by atoms with Crippen LogP contribution in [0.15, 0.2) is 23.1 Å². The molecule has 0 unspecified atom stereocenters. The minimum atomic E-state index is -1.60. The van der Waals surface area contributed by atoms with E-state index >= 15 is 0 Å². The second-order valence-electron chi connectivity index (χ2n) is 8.08. The van der Waals surface area contributed by atoms with Crippen LogP contribution in [0.4, 0.5) is 0 Å². The van der Waals surface area contributed by atoms with Gasteiger partial charge in [-0.05, 0) is 27.7 Å². The molecule has 1 amide bonds. The molecule has 10 heteroatoms. The molecular weight excluding hydrogens is 432 g/mol. The number of ketones is 3. The van der Waals surface area contributed by atoms with Crippen molar-refractivity contribution in [2.24, 2.45) is 0 Å². The molecule has 0 radical (unpaired) electrons. The van der Waals surface area contributed by atoms with Crippen LogP contribution in [-0.2, 0) is 24.5 Å². The van der Waals surface area contributed by atoms with E-state index in [1.54, 1.807) is 0 Å². The Labute approximate surface area is 190 Å². The molecule has 0 fully saturated rings. The van der Waals surface area contributed by atoms with Crippen LogP contribution in [0, 0.1) is 6.92 Å². The molecule has 1 atom stereocenters. The molecule has 2 aliphatic rings. The molecule has 0 saturated carbocycles. The van der Waals surface area contributed by atoms with E-state index in [1.807, 2.05) is 0 Å². The number of ether oxygens (including phenoxy) is 2. The lowest BCUT2D eigenvalue weighted by atomic mass is 9.70. The van der Waals surface area contributed by atoms with Crippen molar-refractivity contribution >= 4 is 23.3 Å². The number of methoxy groups -OCH3 is 1. The van der Waals surface area contributed by atoms with Gasteiger partial charge in [0.1, 0.15) is 34.0 Å². The van der Waals surface area contributed by atoms with Crippen LogP contribution in [0.1, 0.15) is 42.3 Å². The fourth-order valence-corrected chi connectivity index (χ4v) is 4.02. The van der Waals surface area contributed by atoms with Crippen LogP contribution >= 0.6 is 0 Å². The predicted molar refractivity (Wildman–Crippen MR) is 116 cm³/mol. The number of Topliss-reactive ketones (excluding diaryl/α,β-unsaturated/α-hetero) is 2. The topological polar surface area (TPSA) is 151 Å². The number of hydrogen-bond donors (Lipinski definition) is 4. The molecule has 176 valence electrons. The average molecular weight is 458 g/mol. The Morgan fingerprint density at radius 3 is 2.42 bits per heavy atom. The monoisotopic (exact) mass is 458 g/mol. The summed E-state index contributed by atoms with van der Waals surface area (Å²) in [6.45, 7) is 6.08. The SMILES string of the molecule is COCCNC(=O)CNC(C)=C1C(=O)C=C2Oc3c(C(C)=O)c(O)c(C)c(O)c3[C@@]2(C)C1=O. The molecule has 33 heavy (non-hydrogen) atoms. The molecule has 0 spiro atoms. The van der Waals surface area contributed by atoms with Gasteiger partial charge in [-0.25, -0.2) is 0 Å². The third kappa shape index (κ3) is 3.76. The number of aromatic hydroxyl groups is 2. The van der Waals surface area contributed by atoms with E-state index in [9.17, 15) is 29.4 Å².